The van der Waals surface area contributed by atoms with Crippen LogP contribution in [0.25, 0.3) is 0 Å². The van der Waals surface area contributed by atoms with E-state index in [0.717, 1.165) is 17.9 Å². The summed E-state index contributed by atoms with van der Waals surface area (Å²) < 4.78 is 0. The minimum Gasteiger partial charge on any atom is -0.314 e. The van der Waals surface area contributed by atoms with Crippen LogP contribution in [0.1, 0.15) is 96.8 Å². The Bertz CT molecular complexity index is 226. The van der Waals surface area contributed by atoms with E-state index in [4.69, 9.17) is 0 Å². The van der Waals surface area contributed by atoms with Crippen LogP contribution in [0.4, 0.5) is 0 Å². The van der Waals surface area contributed by atoms with Crippen molar-refractivity contribution in [2.24, 2.45) is 11.8 Å². The molecule has 0 spiro atoms. The predicted molar refractivity (Wildman–Crippen MR) is 89.1 cm³/mol. The third kappa shape index (κ3) is 6.16. The van der Waals surface area contributed by atoms with Gasteiger partial charge in [-0.3, -0.25) is 0 Å². The summed E-state index contributed by atoms with van der Waals surface area (Å²) in [6.07, 6.45) is 20.6. The summed E-state index contributed by atoms with van der Waals surface area (Å²) in [7, 11) is 0. The first-order chi connectivity index (χ1) is 9.88. The van der Waals surface area contributed by atoms with Gasteiger partial charge >= 0.3 is 0 Å². The van der Waals surface area contributed by atoms with E-state index in [2.05, 4.69) is 12.2 Å². The van der Waals surface area contributed by atoms with Crippen molar-refractivity contribution < 1.29 is 0 Å². The van der Waals surface area contributed by atoms with Gasteiger partial charge in [0.2, 0.25) is 0 Å². The third-order valence-corrected chi connectivity index (χ3v) is 5.69. The molecule has 20 heavy (non-hydrogen) atoms. The van der Waals surface area contributed by atoms with Crippen molar-refractivity contribution >= 4 is 0 Å². The van der Waals surface area contributed by atoms with Crippen LogP contribution in [0, 0.1) is 11.8 Å². The Morgan fingerprint density at radius 3 is 2.05 bits per heavy atom. The standard InChI is InChI=1S/C19H37N/c1-2-9-19(16-18-12-7-4-8-13-18)20-15-14-17-10-5-3-6-11-17/h17-20H,2-16H2,1H3. The molecule has 0 bridgehead atoms. The fraction of sp³-hybridized carbons (Fsp3) is 1.00. The lowest BCUT2D eigenvalue weighted by atomic mass is 9.83. The Morgan fingerprint density at radius 1 is 0.850 bits per heavy atom. The van der Waals surface area contributed by atoms with E-state index >= 15 is 0 Å². The Kier molecular flexibility index (Phi) is 8.02. The Morgan fingerprint density at radius 2 is 1.45 bits per heavy atom. The monoisotopic (exact) mass is 279 g/mol. The zero-order valence-corrected chi connectivity index (χ0v) is 13.8. The van der Waals surface area contributed by atoms with E-state index in [-0.39, 0.29) is 0 Å². The Labute approximate surface area is 127 Å². The predicted octanol–water partition coefficient (Wildman–Crippen LogP) is 5.69. The molecule has 2 aliphatic carbocycles. The van der Waals surface area contributed by atoms with E-state index in [1.165, 1.54) is 96.4 Å². The molecule has 1 nitrogen and oxygen atoms in total. The van der Waals surface area contributed by atoms with Gasteiger partial charge in [0.1, 0.15) is 0 Å². The Hall–Kier alpha value is -0.0400. The highest BCUT2D eigenvalue weighted by Crippen LogP contribution is 2.29. The number of hydrogen-bond donors (Lipinski definition) is 1. The average molecular weight is 280 g/mol. The van der Waals surface area contributed by atoms with Gasteiger partial charge in [-0.05, 0) is 37.6 Å². The molecule has 1 atom stereocenters. The average Bonchev–Trinajstić information content (AvgIpc) is 2.49. The molecular weight excluding hydrogens is 242 g/mol. The van der Waals surface area contributed by atoms with Gasteiger partial charge in [0.15, 0.2) is 0 Å². The highest BCUT2D eigenvalue weighted by atomic mass is 14.9. The summed E-state index contributed by atoms with van der Waals surface area (Å²) in [5.74, 6) is 2.07. The minimum absolute atomic E-state index is 0.812. The number of nitrogens with one attached hydrogen (secondary N) is 1. The van der Waals surface area contributed by atoms with Gasteiger partial charge in [-0.25, -0.2) is 0 Å². The van der Waals surface area contributed by atoms with Crippen LogP contribution in [0.5, 0.6) is 0 Å². The molecule has 118 valence electrons. The van der Waals surface area contributed by atoms with Crippen molar-refractivity contribution in [2.45, 2.75) is 103 Å². The maximum Gasteiger partial charge on any atom is 0.00696 e. The van der Waals surface area contributed by atoms with Gasteiger partial charge in [0.05, 0.1) is 0 Å². The van der Waals surface area contributed by atoms with Gasteiger partial charge in [-0.15, -0.1) is 0 Å². The molecule has 1 N–H and O–H groups in total. The zero-order valence-electron chi connectivity index (χ0n) is 13.8. The van der Waals surface area contributed by atoms with Gasteiger partial charge in [0, 0.05) is 6.04 Å². The molecule has 0 radical (unpaired) electrons. The molecule has 0 heterocycles. The highest BCUT2D eigenvalue weighted by Gasteiger charge is 2.19. The summed E-state index contributed by atoms with van der Waals surface area (Å²) in [5.41, 5.74) is 0. The summed E-state index contributed by atoms with van der Waals surface area (Å²) in [5, 5.41) is 3.92. The van der Waals surface area contributed by atoms with Gasteiger partial charge < -0.3 is 5.32 Å². The fourth-order valence-electron chi connectivity index (χ4n) is 4.44. The molecule has 2 aliphatic rings. The van der Waals surface area contributed by atoms with Crippen LogP contribution in [-0.2, 0) is 0 Å². The summed E-state index contributed by atoms with van der Waals surface area (Å²) in [4.78, 5) is 0. The lowest BCUT2D eigenvalue weighted by molar-refractivity contribution is 0.278. The third-order valence-electron chi connectivity index (χ3n) is 5.69. The first kappa shape index (κ1) is 16.3. The smallest absolute Gasteiger partial charge is 0.00696 e. The summed E-state index contributed by atoms with van der Waals surface area (Å²) in [6, 6.07) is 0.812. The van der Waals surface area contributed by atoms with Crippen LogP contribution < -0.4 is 5.32 Å². The molecule has 1 heteroatoms. The van der Waals surface area contributed by atoms with Gasteiger partial charge in [0.25, 0.3) is 0 Å². The van der Waals surface area contributed by atoms with E-state index < -0.39 is 0 Å². The first-order valence-electron chi connectivity index (χ1n) is 9.62. The first-order valence-corrected chi connectivity index (χ1v) is 9.62. The lowest BCUT2D eigenvalue weighted by Crippen LogP contribution is -2.33. The maximum atomic E-state index is 3.92. The van der Waals surface area contributed by atoms with Crippen molar-refractivity contribution in [1.82, 2.24) is 5.32 Å². The van der Waals surface area contributed by atoms with Crippen LogP contribution >= 0.6 is 0 Å². The van der Waals surface area contributed by atoms with Crippen molar-refractivity contribution in [1.29, 1.82) is 0 Å². The van der Waals surface area contributed by atoms with Crippen molar-refractivity contribution in [3.8, 4) is 0 Å². The van der Waals surface area contributed by atoms with Crippen LogP contribution in [0.15, 0.2) is 0 Å². The molecule has 0 amide bonds. The molecule has 2 rings (SSSR count). The van der Waals surface area contributed by atoms with E-state index in [1.807, 2.05) is 0 Å². The second-order valence-corrected chi connectivity index (χ2v) is 7.47. The number of hydrogen-bond acceptors (Lipinski definition) is 1. The van der Waals surface area contributed by atoms with Crippen molar-refractivity contribution in [2.75, 3.05) is 6.54 Å². The Balaban J connectivity index is 1.62. The van der Waals surface area contributed by atoms with Crippen molar-refractivity contribution in [3.63, 3.8) is 0 Å². The molecule has 0 aromatic rings. The van der Waals surface area contributed by atoms with Crippen LogP contribution in [0.3, 0.4) is 0 Å². The molecular formula is C19H37N. The molecule has 0 aromatic heterocycles. The number of rotatable bonds is 8. The summed E-state index contributed by atoms with van der Waals surface area (Å²) in [6.45, 7) is 3.62. The molecule has 0 saturated heterocycles. The maximum absolute atomic E-state index is 3.92. The van der Waals surface area contributed by atoms with Gasteiger partial charge in [-0.1, -0.05) is 77.6 Å². The lowest BCUT2D eigenvalue weighted by Gasteiger charge is -2.28. The molecule has 1 unspecified atom stereocenters. The van der Waals surface area contributed by atoms with E-state index in [9.17, 15) is 0 Å². The SMILES string of the molecule is CCCC(CC1CCCCC1)NCCC1CCCCC1. The minimum atomic E-state index is 0.812. The topological polar surface area (TPSA) is 12.0 Å². The molecule has 0 aliphatic heterocycles. The van der Waals surface area contributed by atoms with E-state index in [1.54, 1.807) is 0 Å². The summed E-state index contributed by atoms with van der Waals surface area (Å²) >= 11 is 0. The molecule has 2 saturated carbocycles. The fourth-order valence-corrected chi connectivity index (χ4v) is 4.44. The highest BCUT2D eigenvalue weighted by molar-refractivity contribution is 4.75. The van der Waals surface area contributed by atoms with Crippen LogP contribution in [-0.4, -0.2) is 12.6 Å². The normalized spacial score (nSPS) is 23.9. The molecule has 0 aromatic carbocycles. The van der Waals surface area contributed by atoms with E-state index in [0.29, 0.717) is 0 Å². The zero-order chi connectivity index (χ0) is 14.0. The van der Waals surface area contributed by atoms with Crippen molar-refractivity contribution in [3.05, 3.63) is 0 Å². The second-order valence-electron chi connectivity index (χ2n) is 7.47. The quantitative estimate of drug-likeness (QED) is 0.602. The largest absolute Gasteiger partial charge is 0.314 e. The molecule has 2 fully saturated rings. The second kappa shape index (κ2) is 9.82. The van der Waals surface area contributed by atoms with Crippen LogP contribution in [0.2, 0.25) is 0 Å². The van der Waals surface area contributed by atoms with Gasteiger partial charge in [-0.2, -0.15) is 0 Å².